The standard InChI is InChI=1S/C29H48N6O6.2C3H8.C2H6/c1-7-14-34(6)22(36)16-31-28(41)33-24(29(3,4)5)27(40)35-17-18(2)15-21(35)26(39)32-20(23(37)25(30)38)13-12-19-10-8-9-11-19;2*1-3-2;1-2/h7,18-21,24H,1,8-17H2,2-6H3,(H2,30,38)(H,32,39)(H2,31,33,41);2*3H2,1-2H3;1-2H3. The summed E-state index contributed by atoms with van der Waals surface area (Å²) in [7, 11) is 1.58. The maximum atomic E-state index is 13.8. The third-order valence-corrected chi connectivity index (χ3v) is 7.93. The molecule has 0 aromatic carbocycles. The highest BCUT2D eigenvalue weighted by Crippen LogP contribution is 2.30. The number of nitrogens with one attached hydrogen (secondary N) is 3. The third-order valence-electron chi connectivity index (χ3n) is 7.93. The van der Waals surface area contributed by atoms with Gasteiger partial charge in [-0.15, -0.1) is 6.58 Å². The monoisotopic (exact) mass is 695 g/mol. The second-order valence-corrected chi connectivity index (χ2v) is 14.0. The van der Waals surface area contributed by atoms with Gasteiger partial charge in [-0.2, -0.15) is 0 Å². The first-order chi connectivity index (χ1) is 23.0. The molecule has 1 saturated heterocycles. The lowest BCUT2D eigenvalue weighted by atomic mass is 9.85. The molecular weight excluding hydrogens is 624 g/mol. The second-order valence-electron chi connectivity index (χ2n) is 14.0. The van der Waals surface area contributed by atoms with Crippen LogP contribution in [0.15, 0.2) is 12.7 Å². The number of urea groups is 1. The number of carbonyl (C=O) groups is 6. The predicted molar refractivity (Wildman–Crippen MR) is 197 cm³/mol. The van der Waals surface area contributed by atoms with Crippen molar-refractivity contribution in [3.05, 3.63) is 12.7 Å². The van der Waals surface area contributed by atoms with Crippen LogP contribution < -0.4 is 21.7 Å². The second kappa shape index (κ2) is 25.5. The van der Waals surface area contributed by atoms with E-state index < -0.39 is 53.1 Å². The van der Waals surface area contributed by atoms with E-state index in [1.165, 1.54) is 22.6 Å². The Kier molecular flexibility index (Phi) is 24.8. The third kappa shape index (κ3) is 18.2. The quantitative estimate of drug-likeness (QED) is 0.157. The van der Waals surface area contributed by atoms with Crippen molar-refractivity contribution in [2.24, 2.45) is 23.0 Å². The predicted octanol–water partition coefficient (Wildman–Crippen LogP) is 4.95. The molecular formula is C37H70N6O6. The number of ketones is 1. The van der Waals surface area contributed by atoms with Crippen LogP contribution in [-0.2, 0) is 24.0 Å². The van der Waals surface area contributed by atoms with Gasteiger partial charge >= 0.3 is 6.03 Å². The average molecular weight is 695 g/mol. The minimum absolute atomic E-state index is 0.00838. The summed E-state index contributed by atoms with van der Waals surface area (Å²) in [5, 5.41) is 7.88. The van der Waals surface area contributed by atoms with Gasteiger partial charge in [-0.3, -0.25) is 24.0 Å². The van der Waals surface area contributed by atoms with Crippen LogP contribution >= 0.6 is 0 Å². The van der Waals surface area contributed by atoms with Crippen LogP contribution in [0, 0.1) is 17.3 Å². The Hall–Kier alpha value is -3.44. The maximum Gasteiger partial charge on any atom is 0.315 e. The molecule has 4 atom stereocenters. The highest BCUT2D eigenvalue weighted by molar-refractivity contribution is 6.37. The van der Waals surface area contributed by atoms with Crippen LogP contribution in [0.2, 0.25) is 0 Å². The lowest BCUT2D eigenvalue weighted by molar-refractivity contribution is -0.143. The zero-order chi connectivity index (χ0) is 38.3. The molecule has 0 bridgehead atoms. The van der Waals surface area contributed by atoms with Crippen LogP contribution in [-0.4, -0.2) is 90.1 Å². The summed E-state index contributed by atoms with van der Waals surface area (Å²) in [5.74, 6) is -2.81. The van der Waals surface area contributed by atoms with Crippen molar-refractivity contribution >= 4 is 35.4 Å². The van der Waals surface area contributed by atoms with Gasteiger partial charge in [0.25, 0.3) is 5.91 Å². The van der Waals surface area contributed by atoms with Crippen molar-refractivity contribution in [3.63, 3.8) is 0 Å². The van der Waals surface area contributed by atoms with Crippen molar-refractivity contribution in [1.82, 2.24) is 25.8 Å². The zero-order valence-corrected chi connectivity index (χ0v) is 32.6. The van der Waals surface area contributed by atoms with Crippen LogP contribution in [0.5, 0.6) is 0 Å². The van der Waals surface area contributed by atoms with Gasteiger partial charge in [-0.1, -0.05) is 114 Å². The molecule has 0 spiro atoms. The smallest absolute Gasteiger partial charge is 0.315 e. The first kappa shape index (κ1) is 47.7. The molecule has 1 saturated carbocycles. The largest absolute Gasteiger partial charge is 0.363 e. The van der Waals surface area contributed by atoms with E-state index in [9.17, 15) is 28.8 Å². The molecule has 0 aromatic heterocycles. The van der Waals surface area contributed by atoms with Gasteiger partial charge < -0.3 is 31.5 Å². The molecule has 2 fully saturated rings. The lowest BCUT2D eigenvalue weighted by Crippen LogP contribution is -2.60. The molecule has 2 rings (SSSR count). The molecule has 12 heteroatoms. The van der Waals surface area contributed by atoms with E-state index in [1.807, 2.05) is 20.8 Å². The topological polar surface area (TPSA) is 171 Å². The van der Waals surface area contributed by atoms with Crippen molar-refractivity contribution in [2.75, 3.05) is 26.7 Å². The number of likely N-dealkylation sites (tertiary alicyclic amines) is 1. The Morgan fingerprint density at radius 1 is 0.980 bits per heavy atom. The molecule has 12 nitrogen and oxygen atoms in total. The summed E-state index contributed by atoms with van der Waals surface area (Å²) >= 11 is 0. The van der Waals surface area contributed by atoms with Crippen molar-refractivity contribution < 1.29 is 28.8 Å². The minimum atomic E-state index is -1.10. The molecule has 2 aliphatic rings. The number of carbonyl (C=O) groups excluding carboxylic acids is 6. The maximum absolute atomic E-state index is 13.8. The van der Waals surface area contributed by atoms with Gasteiger partial charge in [-0.25, -0.2) is 4.79 Å². The summed E-state index contributed by atoms with van der Waals surface area (Å²) in [4.78, 5) is 79.3. The number of nitrogens with zero attached hydrogens (tertiary/aromatic N) is 2. The van der Waals surface area contributed by atoms with Crippen molar-refractivity contribution in [3.8, 4) is 0 Å². The van der Waals surface area contributed by atoms with Crippen LogP contribution in [0.3, 0.4) is 0 Å². The van der Waals surface area contributed by atoms with Gasteiger partial charge in [0.15, 0.2) is 0 Å². The highest BCUT2D eigenvalue weighted by Gasteiger charge is 2.44. The molecule has 284 valence electrons. The summed E-state index contributed by atoms with van der Waals surface area (Å²) in [5.41, 5.74) is 4.55. The first-order valence-corrected chi connectivity index (χ1v) is 18.3. The van der Waals surface area contributed by atoms with Crippen molar-refractivity contribution in [1.29, 1.82) is 0 Å². The van der Waals surface area contributed by atoms with Crippen molar-refractivity contribution in [2.45, 2.75) is 145 Å². The van der Waals surface area contributed by atoms with E-state index in [0.29, 0.717) is 31.7 Å². The average Bonchev–Trinajstić information content (AvgIpc) is 3.71. The Labute approximate surface area is 297 Å². The molecule has 6 amide bonds. The van der Waals surface area contributed by atoms with E-state index in [2.05, 4.69) is 50.2 Å². The van der Waals surface area contributed by atoms with Crippen LogP contribution in [0.25, 0.3) is 0 Å². The molecule has 5 N–H and O–H groups in total. The fourth-order valence-electron chi connectivity index (χ4n) is 5.53. The van der Waals surface area contributed by atoms with Gasteiger partial charge in [0.2, 0.25) is 23.5 Å². The first-order valence-electron chi connectivity index (χ1n) is 18.3. The Bertz CT molecular complexity index is 1030. The molecule has 1 aliphatic heterocycles. The number of amides is 6. The number of primary amides is 1. The zero-order valence-electron chi connectivity index (χ0n) is 32.6. The highest BCUT2D eigenvalue weighted by atomic mass is 16.2. The van der Waals surface area contributed by atoms with E-state index >= 15 is 0 Å². The number of likely N-dealkylation sites (N-methyl/N-ethyl adjacent to an activating group) is 1. The summed E-state index contributed by atoms with van der Waals surface area (Å²) < 4.78 is 0. The molecule has 0 radical (unpaired) electrons. The number of nitrogens with two attached hydrogens (primary N) is 1. The fraction of sp³-hybridized carbons (Fsp3) is 0.784. The Morgan fingerprint density at radius 2 is 1.51 bits per heavy atom. The molecule has 0 aromatic rings. The Morgan fingerprint density at radius 3 is 1.98 bits per heavy atom. The van der Waals surface area contributed by atoms with Crippen LogP contribution in [0.1, 0.15) is 127 Å². The van der Waals surface area contributed by atoms with Gasteiger partial charge in [-0.05, 0) is 36.5 Å². The summed E-state index contributed by atoms with van der Waals surface area (Å²) in [6, 6.07) is -3.62. The normalized spacial score (nSPS) is 18.1. The fourth-order valence-corrected chi connectivity index (χ4v) is 5.53. The molecule has 1 aliphatic carbocycles. The molecule has 49 heavy (non-hydrogen) atoms. The van der Waals surface area contributed by atoms with E-state index in [1.54, 1.807) is 33.9 Å². The number of Topliss-reactive ketones (excluding diaryl/α,β-unsaturated/α-hetero) is 1. The SMILES string of the molecule is C=CCN(C)C(=O)CNC(=O)NC(C(=O)N1CC(C)CC1C(=O)NC(CCC1CCCC1)C(=O)C(N)=O)C(C)(C)C.CC.CCC.CCC. The van der Waals surface area contributed by atoms with E-state index in [4.69, 9.17) is 5.73 Å². The number of hydrogen-bond donors (Lipinski definition) is 4. The number of rotatable bonds is 13. The minimum Gasteiger partial charge on any atom is -0.363 e. The van der Waals surface area contributed by atoms with Gasteiger partial charge in [0.1, 0.15) is 12.1 Å². The number of hydrogen-bond acceptors (Lipinski definition) is 6. The molecule has 1 heterocycles. The Balaban J connectivity index is 0. The van der Waals surface area contributed by atoms with Gasteiger partial charge in [0.05, 0.1) is 12.6 Å². The summed E-state index contributed by atoms with van der Waals surface area (Å²) in [6.45, 7) is 23.7. The van der Waals surface area contributed by atoms with E-state index in [-0.39, 0.29) is 24.9 Å². The van der Waals surface area contributed by atoms with Crippen LogP contribution in [0.4, 0.5) is 4.79 Å². The lowest BCUT2D eigenvalue weighted by Gasteiger charge is -2.35. The summed E-state index contributed by atoms with van der Waals surface area (Å²) in [6.07, 6.45) is 9.82. The molecule has 4 unspecified atom stereocenters. The van der Waals surface area contributed by atoms with Gasteiger partial charge in [0, 0.05) is 20.1 Å². The van der Waals surface area contributed by atoms with E-state index in [0.717, 1.165) is 25.7 Å².